The highest BCUT2D eigenvalue weighted by Gasteiger charge is 2.11. The first-order valence-corrected chi connectivity index (χ1v) is 6.79. The lowest BCUT2D eigenvalue weighted by molar-refractivity contribution is 0.980. The van der Waals surface area contributed by atoms with Crippen LogP contribution in [0.2, 0.25) is 0 Å². The van der Waals surface area contributed by atoms with E-state index < -0.39 is 0 Å². The molecule has 100 valence electrons. The Bertz CT molecular complexity index is 561. The van der Waals surface area contributed by atoms with Crippen molar-refractivity contribution in [3.63, 3.8) is 0 Å². The average molecular weight is 254 g/mol. The van der Waals surface area contributed by atoms with Crippen molar-refractivity contribution in [1.82, 2.24) is 0 Å². The number of hydrogen-bond donors (Lipinski definition) is 1. The van der Waals surface area contributed by atoms with Crippen molar-refractivity contribution in [3.05, 3.63) is 59.2 Å². The van der Waals surface area contributed by atoms with Crippen molar-refractivity contribution in [2.24, 2.45) is 5.73 Å². The largest absolute Gasteiger partial charge is 0.341 e. The number of nitrogens with zero attached hydrogens (tertiary/aromatic N) is 1. The van der Waals surface area contributed by atoms with Crippen LogP contribution in [0.4, 0.5) is 11.4 Å². The first-order chi connectivity index (χ1) is 9.15. The number of benzene rings is 2. The number of hydrogen-bond acceptors (Lipinski definition) is 2. The summed E-state index contributed by atoms with van der Waals surface area (Å²) in [6, 6.07) is 15.1. The van der Waals surface area contributed by atoms with Crippen molar-refractivity contribution in [2.75, 3.05) is 11.4 Å². The first kappa shape index (κ1) is 13.6. The van der Waals surface area contributed by atoms with Crippen molar-refractivity contribution >= 4 is 11.4 Å². The van der Waals surface area contributed by atoms with Gasteiger partial charge >= 0.3 is 0 Å². The van der Waals surface area contributed by atoms with E-state index in [9.17, 15) is 0 Å². The fourth-order valence-corrected chi connectivity index (χ4v) is 2.43. The third kappa shape index (κ3) is 2.96. The Labute approximate surface area is 115 Å². The van der Waals surface area contributed by atoms with Crippen LogP contribution in [0.15, 0.2) is 42.5 Å². The Morgan fingerprint density at radius 1 is 1.00 bits per heavy atom. The molecule has 0 atom stereocenters. The quantitative estimate of drug-likeness (QED) is 0.896. The van der Waals surface area contributed by atoms with Gasteiger partial charge in [0.25, 0.3) is 0 Å². The summed E-state index contributed by atoms with van der Waals surface area (Å²) in [4.78, 5) is 2.31. The summed E-state index contributed by atoms with van der Waals surface area (Å²) in [6.45, 7) is 7.89. The molecule has 0 aliphatic rings. The van der Waals surface area contributed by atoms with Gasteiger partial charge < -0.3 is 10.6 Å². The van der Waals surface area contributed by atoms with E-state index in [2.05, 4.69) is 68.1 Å². The van der Waals surface area contributed by atoms with Gasteiger partial charge in [0.1, 0.15) is 0 Å². The molecule has 2 nitrogen and oxygen atoms in total. The molecule has 2 aromatic carbocycles. The van der Waals surface area contributed by atoms with Crippen LogP contribution >= 0.6 is 0 Å². The predicted molar refractivity (Wildman–Crippen MR) is 82.9 cm³/mol. The number of nitrogens with two attached hydrogens (primary N) is 1. The van der Waals surface area contributed by atoms with E-state index in [1.54, 1.807) is 0 Å². The molecular formula is C17H22N2. The highest BCUT2D eigenvalue weighted by molar-refractivity contribution is 5.67. The lowest BCUT2D eigenvalue weighted by Gasteiger charge is -2.26. The van der Waals surface area contributed by atoms with Gasteiger partial charge in [-0.25, -0.2) is 0 Å². The van der Waals surface area contributed by atoms with Gasteiger partial charge in [-0.3, -0.25) is 0 Å². The molecule has 0 saturated heterocycles. The molecule has 0 heterocycles. The molecule has 0 fully saturated rings. The van der Waals surface area contributed by atoms with Crippen molar-refractivity contribution in [1.29, 1.82) is 0 Å². The molecular weight excluding hydrogens is 232 g/mol. The molecule has 0 unspecified atom stereocenters. The second-order valence-electron chi connectivity index (χ2n) is 4.92. The SMILES string of the molecule is CCN(c1cccc(C)c1)c1ccc(C)cc1CN. The maximum atomic E-state index is 5.89. The molecule has 0 radical (unpaired) electrons. The second kappa shape index (κ2) is 5.89. The average Bonchev–Trinajstić information content (AvgIpc) is 2.41. The van der Waals surface area contributed by atoms with E-state index in [0.717, 1.165) is 6.54 Å². The van der Waals surface area contributed by atoms with E-state index in [4.69, 9.17) is 5.73 Å². The fraction of sp³-hybridized carbons (Fsp3) is 0.294. The summed E-state index contributed by atoms with van der Waals surface area (Å²) in [5.41, 5.74) is 12.1. The number of rotatable bonds is 4. The van der Waals surface area contributed by atoms with E-state index in [-0.39, 0.29) is 0 Å². The molecule has 2 heteroatoms. The van der Waals surface area contributed by atoms with Crippen LogP contribution in [0.3, 0.4) is 0 Å². The summed E-state index contributed by atoms with van der Waals surface area (Å²) in [6.07, 6.45) is 0. The molecule has 2 N–H and O–H groups in total. The zero-order valence-corrected chi connectivity index (χ0v) is 12.0. The van der Waals surface area contributed by atoms with Gasteiger partial charge in [0.2, 0.25) is 0 Å². The minimum absolute atomic E-state index is 0.569. The van der Waals surface area contributed by atoms with Crippen LogP contribution in [-0.2, 0) is 6.54 Å². The zero-order chi connectivity index (χ0) is 13.8. The van der Waals surface area contributed by atoms with Gasteiger partial charge in [-0.1, -0.05) is 29.8 Å². The fourth-order valence-electron chi connectivity index (χ4n) is 2.43. The Kier molecular flexibility index (Phi) is 4.23. The summed E-state index contributed by atoms with van der Waals surface area (Å²) in [5.74, 6) is 0. The van der Waals surface area contributed by atoms with Gasteiger partial charge in [0, 0.05) is 24.5 Å². The lowest BCUT2D eigenvalue weighted by atomic mass is 10.1. The molecule has 0 aromatic heterocycles. The highest BCUT2D eigenvalue weighted by atomic mass is 15.1. The van der Waals surface area contributed by atoms with Gasteiger partial charge in [0.05, 0.1) is 0 Å². The summed E-state index contributed by atoms with van der Waals surface area (Å²) in [7, 11) is 0. The van der Waals surface area contributed by atoms with Crippen LogP contribution < -0.4 is 10.6 Å². The molecule has 0 aliphatic carbocycles. The van der Waals surface area contributed by atoms with Crippen LogP contribution in [-0.4, -0.2) is 6.54 Å². The molecule has 0 spiro atoms. The van der Waals surface area contributed by atoms with Crippen molar-refractivity contribution in [3.8, 4) is 0 Å². The predicted octanol–water partition coefficient (Wildman–Crippen LogP) is 3.92. The second-order valence-corrected chi connectivity index (χ2v) is 4.92. The van der Waals surface area contributed by atoms with Crippen molar-refractivity contribution < 1.29 is 0 Å². The van der Waals surface area contributed by atoms with Crippen LogP contribution in [0.5, 0.6) is 0 Å². The van der Waals surface area contributed by atoms with Gasteiger partial charge in [0.15, 0.2) is 0 Å². The highest BCUT2D eigenvalue weighted by Crippen LogP contribution is 2.29. The van der Waals surface area contributed by atoms with E-state index >= 15 is 0 Å². The van der Waals surface area contributed by atoms with E-state index in [0.29, 0.717) is 6.54 Å². The minimum Gasteiger partial charge on any atom is -0.341 e. The zero-order valence-electron chi connectivity index (χ0n) is 12.0. The Hall–Kier alpha value is -1.80. The van der Waals surface area contributed by atoms with Crippen molar-refractivity contribution in [2.45, 2.75) is 27.3 Å². The minimum atomic E-state index is 0.569. The Morgan fingerprint density at radius 3 is 2.37 bits per heavy atom. The smallest absolute Gasteiger partial charge is 0.0456 e. The van der Waals surface area contributed by atoms with Crippen LogP contribution in [0.1, 0.15) is 23.6 Å². The third-order valence-electron chi connectivity index (χ3n) is 3.38. The molecule has 0 saturated carbocycles. The van der Waals surface area contributed by atoms with E-state index in [1.807, 2.05) is 0 Å². The monoisotopic (exact) mass is 254 g/mol. The standard InChI is InChI=1S/C17H22N2/c1-4-19(16-7-5-6-13(2)11-16)17-9-8-14(3)10-15(17)12-18/h5-11H,4,12,18H2,1-3H3. The normalized spacial score (nSPS) is 10.5. The van der Waals surface area contributed by atoms with Gasteiger partial charge in [-0.05, 0) is 50.1 Å². The maximum absolute atomic E-state index is 5.89. The van der Waals surface area contributed by atoms with Gasteiger partial charge in [-0.15, -0.1) is 0 Å². The lowest BCUT2D eigenvalue weighted by Crippen LogP contribution is -2.18. The number of anilines is 2. The maximum Gasteiger partial charge on any atom is 0.0456 e. The number of aryl methyl sites for hydroxylation is 2. The summed E-state index contributed by atoms with van der Waals surface area (Å²) < 4.78 is 0. The molecule has 2 aromatic rings. The molecule has 0 aliphatic heterocycles. The first-order valence-electron chi connectivity index (χ1n) is 6.79. The Morgan fingerprint density at radius 2 is 1.74 bits per heavy atom. The third-order valence-corrected chi connectivity index (χ3v) is 3.38. The van der Waals surface area contributed by atoms with Gasteiger partial charge in [-0.2, -0.15) is 0 Å². The summed E-state index contributed by atoms with van der Waals surface area (Å²) in [5, 5.41) is 0. The topological polar surface area (TPSA) is 29.3 Å². The molecule has 2 rings (SSSR count). The van der Waals surface area contributed by atoms with Crippen LogP contribution in [0, 0.1) is 13.8 Å². The molecule has 0 amide bonds. The molecule has 19 heavy (non-hydrogen) atoms. The Balaban J connectivity index is 2.48. The molecule has 0 bridgehead atoms. The van der Waals surface area contributed by atoms with E-state index in [1.165, 1.54) is 28.1 Å². The van der Waals surface area contributed by atoms with Crippen LogP contribution in [0.25, 0.3) is 0 Å². The summed E-state index contributed by atoms with van der Waals surface area (Å²) >= 11 is 0.